The fourth-order valence-electron chi connectivity index (χ4n) is 14.3. The van der Waals surface area contributed by atoms with E-state index in [0.717, 1.165) is 27.8 Å². The molecule has 9 amide bonds. The summed E-state index contributed by atoms with van der Waals surface area (Å²) in [5.74, 6) is -6.95. The Morgan fingerprint density at radius 1 is 0.580 bits per heavy atom. The number of carboxylic acids is 1. The van der Waals surface area contributed by atoms with Crippen molar-refractivity contribution < 1.29 is 70.9 Å². The average molecular weight is 1560 g/mol. The number of sulfonamides is 1. The molecule has 29 nitrogen and oxygen atoms in total. The highest BCUT2D eigenvalue weighted by Crippen LogP contribution is 2.35. The van der Waals surface area contributed by atoms with E-state index in [9.17, 15) is 37.5 Å². The lowest BCUT2D eigenvalue weighted by Crippen LogP contribution is -2.61. The van der Waals surface area contributed by atoms with Crippen LogP contribution in [0, 0.1) is 16.7 Å². The van der Waals surface area contributed by atoms with Gasteiger partial charge in [-0.2, -0.15) is 0 Å². The number of nitrogens with one attached hydrogen (secondary N) is 9. The Labute approximate surface area is 652 Å². The summed E-state index contributed by atoms with van der Waals surface area (Å²) in [6.07, 6.45) is 3.52. The number of aromatic nitrogens is 3. The predicted octanol–water partition coefficient (Wildman–Crippen LogP) is 4.73. The van der Waals surface area contributed by atoms with Gasteiger partial charge in [-0.3, -0.25) is 47.9 Å². The molecule has 0 aliphatic carbocycles. The molecule has 6 aliphatic rings. The fraction of sp³-hybridized carbons (Fsp3) is 0.463. The minimum absolute atomic E-state index is 0.0497. The monoisotopic (exact) mass is 1560 g/mol. The van der Waals surface area contributed by atoms with Crippen LogP contribution in [0.4, 0.5) is 0 Å². The summed E-state index contributed by atoms with van der Waals surface area (Å²) in [7, 11) is -0.972. The molecule has 6 aliphatic heterocycles. The Bertz CT molecular complexity index is 4700. The van der Waals surface area contributed by atoms with Gasteiger partial charge in [-0.05, 0) is 138 Å². The van der Waals surface area contributed by atoms with Crippen LogP contribution in [0.1, 0.15) is 121 Å². The minimum atomic E-state index is -4.20. The number of carbonyl (C=O) groups excluding carboxylic acids is 9. The van der Waals surface area contributed by atoms with Crippen LogP contribution in [-0.4, -0.2) is 198 Å². The lowest BCUT2D eigenvalue weighted by Gasteiger charge is -2.36. The summed E-state index contributed by atoms with van der Waals surface area (Å²) >= 11 is 0. The molecule has 10 bridgehead atoms. The second-order valence-electron chi connectivity index (χ2n) is 31.8. The Morgan fingerprint density at radius 2 is 1.04 bits per heavy atom. The van der Waals surface area contributed by atoms with Gasteiger partial charge >= 0.3 is 5.97 Å². The number of likely N-dealkylation sites (tertiary alicyclic amines) is 2. The lowest BCUT2D eigenvalue weighted by atomic mass is 9.85. The van der Waals surface area contributed by atoms with Crippen LogP contribution in [-0.2, 0) is 90.3 Å². The summed E-state index contributed by atoms with van der Waals surface area (Å²) in [5.41, 5.74) is 0.827. The Morgan fingerprint density at radius 3 is 1.53 bits per heavy atom. The molecule has 112 heavy (non-hydrogen) atoms. The highest BCUT2D eigenvalue weighted by Gasteiger charge is 2.49. The zero-order valence-electron chi connectivity index (χ0n) is 65.2. The van der Waals surface area contributed by atoms with Gasteiger partial charge in [0.15, 0.2) is 0 Å². The largest absolute Gasteiger partial charge is 0.494 e. The number of hydrogen-bond donors (Lipinski definition) is 10. The second-order valence-corrected chi connectivity index (χ2v) is 33.5. The van der Waals surface area contributed by atoms with Gasteiger partial charge in [0, 0.05) is 45.2 Å². The molecule has 7 aromatic rings. The second kappa shape index (κ2) is 36.5. The molecular formula is C82H104N14O15S. The summed E-state index contributed by atoms with van der Waals surface area (Å²) in [5, 5.41) is 46.1. The van der Waals surface area contributed by atoms with Crippen LogP contribution in [0.15, 0.2) is 140 Å². The number of carbonyl (C=O) groups is 10. The molecule has 12 unspecified atom stereocenters. The van der Waals surface area contributed by atoms with Crippen molar-refractivity contribution in [3.8, 4) is 11.5 Å². The van der Waals surface area contributed by atoms with E-state index in [1.807, 2.05) is 110 Å². The zero-order chi connectivity index (χ0) is 80.9. The normalized spacial score (nSPS) is 21.9. The average Bonchev–Trinajstić information content (AvgIpc) is 1.62. The van der Waals surface area contributed by atoms with E-state index in [2.05, 4.69) is 52.8 Å². The third kappa shape index (κ3) is 22.0. The smallest absolute Gasteiger partial charge is 0.326 e. The van der Waals surface area contributed by atoms with E-state index in [1.165, 1.54) is 14.5 Å². The maximum Gasteiger partial charge on any atom is 0.326 e. The van der Waals surface area contributed by atoms with Crippen molar-refractivity contribution in [2.75, 3.05) is 40.0 Å². The first-order valence-electron chi connectivity index (χ1n) is 37.9. The first kappa shape index (κ1) is 83.6. The van der Waals surface area contributed by atoms with Crippen molar-refractivity contribution in [3.05, 3.63) is 168 Å². The SMILES string of the molecule is CNC(C)C(=O)NC(C(=O)N1CC2CC1C(=O)NC(Cc1ccc3ccccc3c1)C(=O)NC(C(=O)O)Cc1ccc(cc1)OCCCCC1CC(C(=O)NC(Cc3ccc4ccccc4c3)C(=O)NC(C(=O)NS(C)(=O)=O)Cc3ccc(cc3)OCc3cn2nn3)N(C(=O)C(NC(=O)C(C)NC)C(C)(C)C)C1)C(C)(C)C. The third-order valence-electron chi connectivity index (χ3n) is 20.9. The van der Waals surface area contributed by atoms with Gasteiger partial charge < -0.3 is 66.9 Å². The van der Waals surface area contributed by atoms with Gasteiger partial charge in [0.05, 0.1) is 37.2 Å². The van der Waals surface area contributed by atoms with E-state index in [0.29, 0.717) is 58.7 Å². The van der Waals surface area contributed by atoms with Crippen molar-refractivity contribution in [2.45, 2.75) is 186 Å². The molecule has 2 saturated heterocycles. The molecule has 30 heteroatoms. The van der Waals surface area contributed by atoms with E-state index < -0.39 is 146 Å². The van der Waals surface area contributed by atoms with Gasteiger partial charge in [-0.15, -0.1) is 5.10 Å². The highest BCUT2D eigenvalue weighted by molar-refractivity contribution is 7.89. The predicted molar refractivity (Wildman–Crippen MR) is 420 cm³/mol. The molecule has 12 atom stereocenters. The number of hydrogen-bond acceptors (Lipinski definition) is 18. The number of likely N-dealkylation sites (N-methyl/N-ethyl adjacent to an activating group) is 2. The number of benzene rings is 6. The van der Waals surface area contributed by atoms with Gasteiger partial charge in [0.25, 0.3) is 5.91 Å². The molecule has 0 radical (unpaired) electrons. The summed E-state index contributed by atoms with van der Waals surface area (Å²) < 4.78 is 41.4. The van der Waals surface area contributed by atoms with Gasteiger partial charge in [0.2, 0.25) is 57.3 Å². The van der Waals surface area contributed by atoms with E-state index in [4.69, 9.17) is 9.47 Å². The van der Waals surface area contributed by atoms with Crippen LogP contribution in [0.5, 0.6) is 11.5 Å². The molecule has 598 valence electrons. The summed E-state index contributed by atoms with van der Waals surface area (Å²) in [6, 6.07) is 26.9. The molecule has 7 heterocycles. The van der Waals surface area contributed by atoms with Crippen LogP contribution < -0.4 is 56.7 Å². The molecule has 10 N–H and O–H groups in total. The van der Waals surface area contributed by atoms with Crippen molar-refractivity contribution in [3.63, 3.8) is 0 Å². The van der Waals surface area contributed by atoms with E-state index in [-0.39, 0.29) is 70.7 Å². The van der Waals surface area contributed by atoms with Crippen LogP contribution >= 0.6 is 0 Å². The van der Waals surface area contributed by atoms with E-state index in [1.54, 1.807) is 103 Å². The van der Waals surface area contributed by atoms with E-state index >= 15 is 24.0 Å². The maximum absolute atomic E-state index is 15.3. The number of nitrogens with zero attached hydrogens (tertiary/aromatic N) is 5. The van der Waals surface area contributed by atoms with Gasteiger partial charge in [-0.25, -0.2) is 17.9 Å². The summed E-state index contributed by atoms with van der Waals surface area (Å²) in [6.45, 7) is 14.2. The van der Waals surface area contributed by atoms with Gasteiger partial charge in [-0.1, -0.05) is 156 Å². The number of ether oxygens (including phenoxy) is 2. The van der Waals surface area contributed by atoms with Crippen molar-refractivity contribution in [1.29, 1.82) is 0 Å². The number of aliphatic carboxylic acids is 1. The molecule has 6 aromatic carbocycles. The number of carboxylic acid groups (broad SMARTS) is 1. The molecule has 13 rings (SSSR count). The Hall–Kier alpha value is -10.8. The minimum Gasteiger partial charge on any atom is -0.494 e. The van der Waals surface area contributed by atoms with Gasteiger partial charge in [0.1, 0.15) is 72.1 Å². The van der Waals surface area contributed by atoms with Crippen LogP contribution in [0.3, 0.4) is 0 Å². The lowest BCUT2D eigenvalue weighted by molar-refractivity contribution is -0.145. The molecule has 2 fully saturated rings. The molecule has 1 aromatic heterocycles. The van der Waals surface area contributed by atoms with Crippen LogP contribution in [0.25, 0.3) is 21.5 Å². The number of amides is 9. The van der Waals surface area contributed by atoms with Crippen molar-refractivity contribution >= 4 is 90.7 Å². The first-order valence-corrected chi connectivity index (χ1v) is 39.8. The molecular weight excluding hydrogens is 1450 g/mol. The van der Waals surface area contributed by atoms with Crippen molar-refractivity contribution in [2.24, 2.45) is 16.7 Å². The first-order chi connectivity index (χ1) is 53.1. The number of fused-ring (bicyclic) bond motifs is 2. The molecule has 0 saturated carbocycles. The van der Waals surface area contributed by atoms with Crippen LogP contribution in [0.2, 0.25) is 0 Å². The maximum atomic E-state index is 15.3. The molecule has 0 spiro atoms. The fourth-order valence-corrected chi connectivity index (χ4v) is 14.8. The topological polar surface area (TPSA) is 389 Å². The Kier molecular flexibility index (Phi) is 27.3. The zero-order valence-corrected chi connectivity index (χ0v) is 66.0. The Balaban J connectivity index is 0.981. The van der Waals surface area contributed by atoms with Crippen molar-refractivity contribution in [1.82, 2.24) is 72.1 Å². The standard InChI is InChI=1S/C82H104N14O15S/c1-48(83-9)71(97)89-69(81(3,4)5)78(104)94-44-54-18-16-17-35-110-61-31-25-51(26-32-61)39-66(80(106)107)88-74(100)64(41-53-24-30-56-20-13-15-22-58(56)37-53)87-77(103)68-43-60(46-95(68)79(105)70(82(6,7)8)90-72(98)49(2)84-10)96-45-59(91-93-96)47-111-62-33-27-50(28-34-62)38-65(75(101)92-112(11,108)109)85-73(99)63(86-76(102)67(94)42-54)40-52-23-29-55-19-12-14-21-57(55)36-52/h12-15,19-34,36-37,45,48-49,54,60,63-70,83-84H,16-18,35,38-44,46-47H2,1-11H3,(H,85,99)(H,86,102)(H,87,103)(H,88,100)(H,89,97)(H,90,98)(H,92,101)(H,106,107). The summed E-state index contributed by atoms with van der Waals surface area (Å²) in [4.78, 5) is 148. The number of rotatable bonds is 15. The third-order valence-corrected chi connectivity index (χ3v) is 21.5. The quantitative estimate of drug-likeness (QED) is 0.0663. The highest BCUT2D eigenvalue weighted by atomic mass is 32.2.